The smallest absolute Gasteiger partial charge is 0.234 e. The summed E-state index contributed by atoms with van der Waals surface area (Å²) < 4.78 is 0. The van der Waals surface area contributed by atoms with E-state index < -0.39 is 0 Å². The lowest BCUT2D eigenvalue weighted by Gasteiger charge is -2.16. The molecule has 2 heterocycles. The van der Waals surface area contributed by atoms with Gasteiger partial charge in [-0.15, -0.1) is 0 Å². The Balaban J connectivity index is 1.63. The summed E-state index contributed by atoms with van der Waals surface area (Å²) >= 11 is 0. The number of aromatic amines is 1. The second kappa shape index (κ2) is 7.70. The molecule has 0 aliphatic carbocycles. The van der Waals surface area contributed by atoms with E-state index in [4.69, 9.17) is 0 Å². The van der Waals surface area contributed by atoms with Crippen LogP contribution >= 0.6 is 0 Å². The standard InChI is InChI=1S/C21H26N4O/c1-14-8-18(21-19(9-14)15(2)16(3)24-21)11-23-20(26)13-25(4)12-17-6-5-7-22-10-17/h5-10,24H,11-13H2,1-4H3,(H,23,26). The van der Waals surface area contributed by atoms with E-state index in [9.17, 15) is 4.79 Å². The van der Waals surface area contributed by atoms with Gasteiger partial charge in [0.05, 0.1) is 12.1 Å². The summed E-state index contributed by atoms with van der Waals surface area (Å²) in [6, 6.07) is 8.26. The second-order valence-electron chi connectivity index (χ2n) is 7.03. The van der Waals surface area contributed by atoms with Crippen molar-refractivity contribution in [2.24, 2.45) is 0 Å². The lowest BCUT2D eigenvalue weighted by Crippen LogP contribution is -2.34. The molecular weight excluding hydrogens is 324 g/mol. The minimum atomic E-state index is 0.0195. The molecule has 136 valence electrons. The Morgan fingerprint density at radius 2 is 2.08 bits per heavy atom. The molecule has 0 spiro atoms. The Hall–Kier alpha value is -2.66. The Bertz CT molecular complexity index is 915. The van der Waals surface area contributed by atoms with E-state index in [1.807, 2.05) is 30.3 Å². The number of H-pyrrole nitrogens is 1. The highest BCUT2D eigenvalue weighted by Gasteiger charge is 2.12. The Kier molecular flexibility index (Phi) is 5.38. The zero-order valence-electron chi connectivity index (χ0n) is 15.9. The molecule has 0 aliphatic rings. The Morgan fingerprint density at radius 3 is 2.81 bits per heavy atom. The van der Waals surface area contributed by atoms with Gasteiger partial charge in [0, 0.05) is 36.6 Å². The lowest BCUT2D eigenvalue weighted by atomic mass is 10.0. The fourth-order valence-electron chi connectivity index (χ4n) is 3.28. The SMILES string of the molecule is Cc1cc(CNC(=O)CN(C)Cc2cccnc2)c2[nH]c(C)c(C)c2c1. The first-order valence-corrected chi connectivity index (χ1v) is 8.86. The minimum absolute atomic E-state index is 0.0195. The van der Waals surface area contributed by atoms with Crippen LogP contribution in [0.3, 0.4) is 0 Å². The number of aryl methyl sites for hydroxylation is 3. The summed E-state index contributed by atoms with van der Waals surface area (Å²) in [4.78, 5) is 21.9. The van der Waals surface area contributed by atoms with Gasteiger partial charge in [-0.1, -0.05) is 17.7 Å². The third kappa shape index (κ3) is 4.11. The van der Waals surface area contributed by atoms with Crippen LogP contribution in [0.25, 0.3) is 10.9 Å². The van der Waals surface area contributed by atoms with Gasteiger partial charge in [-0.05, 0) is 56.6 Å². The Labute approximate surface area is 154 Å². The fraction of sp³-hybridized carbons (Fsp3) is 0.333. The average molecular weight is 350 g/mol. The molecular formula is C21H26N4O. The first-order chi connectivity index (χ1) is 12.4. The van der Waals surface area contributed by atoms with Crippen LogP contribution in [0, 0.1) is 20.8 Å². The molecule has 2 aromatic heterocycles. The van der Waals surface area contributed by atoms with Crippen molar-refractivity contribution in [2.45, 2.75) is 33.9 Å². The van der Waals surface area contributed by atoms with Gasteiger partial charge >= 0.3 is 0 Å². The number of carbonyl (C=O) groups excluding carboxylic acids is 1. The van der Waals surface area contributed by atoms with Crippen LogP contribution in [0.2, 0.25) is 0 Å². The van der Waals surface area contributed by atoms with Gasteiger partial charge in [0.2, 0.25) is 5.91 Å². The zero-order valence-corrected chi connectivity index (χ0v) is 15.9. The van der Waals surface area contributed by atoms with E-state index in [1.54, 1.807) is 6.20 Å². The maximum Gasteiger partial charge on any atom is 0.234 e. The van der Waals surface area contributed by atoms with Crippen molar-refractivity contribution in [3.05, 3.63) is 64.6 Å². The van der Waals surface area contributed by atoms with Crippen molar-refractivity contribution < 1.29 is 4.79 Å². The molecule has 0 saturated heterocycles. The monoisotopic (exact) mass is 350 g/mol. The first-order valence-electron chi connectivity index (χ1n) is 8.86. The highest BCUT2D eigenvalue weighted by Crippen LogP contribution is 2.25. The van der Waals surface area contributed by atoms with E-state index >= 15 is 0 Å². The number of carbonyl (C=O) groups is 1. The molecule has 3 aromatic rings. The number of pyridine rings is 1. The highest BCUT2D eigenvalue weighted by atomic mass is 16.2. The molecule has 5 heteroatoms. The van der Waals surface area contributed by atoms with Crippen LogP contribution in [0.5, 0.6) is 0 Å². The number of nitrogens with one attached hydrogen (secondary N) is 2. The number of hydrogen-bond donors (Lipinski definition) is 2. The van der Waals surface area contributed by atoms with Crippen LogP contribution in [0.1, 0.15) is 27.9 Å². The lowest BCUT2D eigenvalue weighted by molar-refractivity contribution is -0.122. The van der Waals surface area contributed by atoms with E-state index in [0.717, 1.165) is 16.6 Å². The van der Waals surface area contributed by atoms with Crippen molar-refractivity contribution in [3.63, 3.8) is 0 Å². The van der Waals surface area contributed by atoms with Crippen LogP contribution in [-0.2, 0) is 17.9 Å². The molecule has 0 saturated carbocycles. The number of aromatic nitrogens is 2. The van der Waals surface area contributed by atoms with Gasteiger partial charge < -0.3 is 10.3 Å². The first kappa shape index (κ1) is 18.1. The minimum Gasteiger partial charge on any atom is -0.358 e. The predicted molar refractivity (Wildman–Crippen MR) is 105 cm³/mol. The molecule has 0 bridgehead atoms. The number of benzene rings is 1. The zero-order chi connectivity index (χ0) is 18.7. The predicted octanol–water partition coefficient (Wildman–Crippen LogP) is 3.24. The molecule has 0 unspecified atom stereocenters. The van der Waals surface area contributed by atoms with Gasteiger partial charge in [0.1, 0.15) is 0 Å². The van der Waals surface area contributed by atoms with Crippen LogP contribution in [0.15, 0.2) is 36.7 Å². The number of likely N-dealkylation sites (N-methyl/N-ethyl adjacent to an activating group) is 1. The van der Waals surface area contributed by atoms with Crippen LogP contribution in [-0.4, -0.2) is 34.4 Å². The number of hydrogen-bond acceptors (Lipinski definition) is 3. The summed E-state index contributed by atoms with van der Waals surface area (Å²) in [5.74, 6) is 0.0195. The van der Waals surface area contributed by atoms with Gasteiger partial charge in [0.25, 0.3) is 0 Å². The highest BCUT2D eigenvalue weighted by molar-refractivity contribution is 5.88. The molecule has 2 N–H and O–H groups in total. The quantitative estimate of drug-likeness (QED) is 0.717. The van der Waals surface area contributed by atoms with E-state index in [0.29, 0.717) is 19.6 Å². The third-order valence-corrected chi connectivity index (χ3v) is 4.71. The van der Waals surface area contributed by atoms with Crippen molar-refractivity contribution in [1.29, 1.82) is 0 Å². The largest absolute Gasteiger partial charge is 0.358 e. The van der Waals surface area contributed by atoms with E-state index in [2.05, 4.69) is 48.2 Å². The van der Waals surface area contributed by atoms with Crippen molar-refractivity contribution >= 4 is 16.8 Å². The molecule has 26 heavy (non-hydrogen) atoms. The number of rotatable bonds is 6. The number of nitrogens with zero attached hydrogens (tertiary/aromatic N) is 2. The summed E-state index contributed by atoms with van der Waals surface area (Å²) in [6.07, 6.45) is 3.58. The molecule has 0 fully saturated rings. The second-order valence-corrected chi connectivity index (χ2v) is 7.03. The molecule has 1 aromatic carbocycles. The van der Waals surface area contributed by atoms with Gasteiger partial charge in [0.15, 0.2) is 0 Å². The summed E-state index contributed by atoms with van der Waals surface area (Å²) in [7, 11) is 1.94. The normalized spacial score (nSPS) is 11.3. The fourth-order valence-corrected chi connectivity index (χ4v) is 3.28. The number of amides is 1. The maximum absolute atomic E-state index is 12.3. The van der Waals surface area contributed by atoms with E-state index in [1.165, 1.54) is 22.2 Å². The molecule has 3 rings (SSSR count). The van der Waals surface area contributed by atoms with Crippen molar-refractivity contribution in [2.75, 3.05) is 13.6 Å². The number of fused-ring (bicyclic) bond motifs is 1. The Morgan fingerprint density at radius 1 is 1.27 bits per heavy atom. The van der Waals surface area contributed by atoms with Crippen molar-refractivity contribution in [3.8, 4) is 0 Å². The summed E-state index contributed by atoms with van der Waals surface area (Å²) in [5.41, 5.74) is 6.99. The molecule has 0 radical (unpaired) electrons. The molecule has 0 aliphatic heterocycles. The third-order valence-electron chi connectivity index (χ3n) is 4.71. The van der Waals surface area contributed by atoms with E-state index in [-0.39, 0.29) is 5.91 Å². The topological polar surface area (TPSA) is 61.0 Å². The molecule has 0 atom stereocenters. The summed E-state index contributed by atoms with van der Waals surface area (Å²) in [6.45, 7) is 7.88. The van der Waals surface area contributed by atoms with Crippen molar-refractivity contribution in [1.82, 2.24) is 20.2 Å². The summed E-state index contributed by atoms with van der Waals surface area (Å²) in [5, 5.41) is 4.28. The van der Waals surface area contributed by atoms with Crippen LogP contribution in [0.4, 0.5) is 0 Å². The molecule has 1 amide bonds. The van der Waals surface area contributed by atoms with Gasteiger partial charge in [-0.25, -0.2) is 0 Å². The van der Waals surface area contributed by atoms with Gasteiger partial charge in [-0.2, -0.15) is 0 Å². The van der Waals surface area contributed by atoms with Gasteiger partial charge in [-0.3, -0.25) is 14.7 Å². The molecule has 5 nitrogen and oxygen atoms in total. The average Bonchev–Trinajstić information content (AvgIpc) is 2.88. The maximum atomic E-state index is 12.3. The van der Waals surface area contributed by atoms with Crippen LogP contribution < -0.4 is 5.32 Å².